The van der Waals surface area contributed by atoms with Gasteiger partial charge in [-0.15, -0.1) is 0 Å². The van der Waals surface area contributed by atoms with Crippen molar-refractivity contribution in [1.29, 1.82) is 0 Å². The van der Waals surface area contributed by atoms with Crippen LogP contribution in [0.15, 0.2) is 18.2 Å². The summed E-state index contributed by atoms with van der Waals surface area (Å²) in [5, 5.41) is 12.4. The molecule has 96 valence electrons. The number of alkyl halides is 2. The molecule has 0 bridgehead atoms. The number of hydrogen-bond acceptors (Lipinski definition) is 2. The maximum Gasteiger partial charge on any atom is 0.258 e. The Labute approximate surface area is 108 Å². The summed E-state index contributed by atoms with van der Waals surface area (Å²) in [6, 6.07) is 3.51. The van der Waals surface area contributed by atoms with Crippen LogP contribution in [0.5, 0.6) is 0 Å². The minimum absolute atomic E-state index is 0.306. The van der Waals surface area contributed by atoms with Gasteiger partial charge in [-0.3, -0.25) is 5.09 Å². The van der Waals surface area contributed by atoms with E-state index in [4.69, 9.17) is 11.6 Å². The minimum Gasteiger partial charge on any atom is -0.392 e. The number of hydrogen-bond donors (Lipinski definition) is 2. The van der Waals surface area contributed by atoms with Crippen molar-refractivity contribution in [3.8, 4) is 0 Å². The zero-order chi connectivity index (χ0) is 13.0. The molecule has 0 aliphatic heterocycles. The third-order valence-corrected chi connectivity index (χ3v) is 3.57. The Bertz CT molecular complexity index is 379. The molecule has 0 aliphatic rings. The summed E-state index contributed by atoms with van der Waals surface area (Å²) in [4.78, 5) is 0. The van der Waals surface area contributed by atoms with E-state index < -0.39 is 20.2 Å². The van der Waals surface area contributed by atoms with Crippen LogP contribution < -0.4 is 5.09 Å². The molecule has 0 aromatic heterocycles. The van der Waals surface area contributed by atoms with Crippen LogP contribution in [0.25, 0.3) is 0 Å². The van der Waals surface area contributed by atoms with E-state index >= 15 is 0 Å². The highest BCUT2D eigenvalue weighted by atomic mass is 35.5. The number of rotatable bonds is 5. The first-order valence-electron chi connectivity index (χ1n) is 4.87. The predicted molar refractivity (Wildman–Crippen MR) is 71.8 cm³/mol. The fourth-order valence-electron chi connectivity index (χ4n) is 1.50. The maximum absolute atomic E-state index is 13.0. The average molecular weight is 300 g/mol. The molecule has 1 aromatic carbocycles. The lowest BCUT2D eigenvalue weighted by Gasteiger charge is -2.23. The van der Waals surface area contributed by atoms with Crippen LogP contribution in [0, 0.1) is 0 Å². The molecule has 2 N–H and O–H groups in total. The van der Waals surface area contributed by atoms with Crippen molar-refractivity contribution in [3.05, 3.63) is 34.3 Å². The van der Waals surface area contributed by atoms with Gasteiger partial charge in [0.1, 0.15) is 0 Å². The van der Waals surface area contributed by atoms with Crippen molar-refractivity contribution in [3.63, 3.8) is 0 Å². The van der Waals surface area contributed by atoms with Crippen LogP contribution >= 0.6 is 28.3 Å². The second kappa shape index (κ2) is 6.92. The van der Waals surface area contributed by atoms with Gasteiger partial charge < -0.3 is 5.11 Å². The first-order chi connectivity index (χ1) is 7.95. The molecule has 0 saturated heterocycles. The van der Waals surface area contributed by atoms with E-state index in [-0.39, 0.29) is 6.61 Å². The normalized spacial score (nSPS) is 15.0. The summed E-state index contributed by atoms with van der Waals surface area (Å²) >= 11 is 5.77. The van der Waals surface area contributed by atoms with Gasteiger partial charge in [0, 0.05) is 5.02 Å². The van der Waals surface area contributed by atoms with Crippen LogP contribution in [-0.4, -0.2) is 18.2 Å². The standard InChI is InChI=1S/C10H14ClF2NOP2/c1-17(16)14-9(10(12)13)8-3-2-7(11)4-6(8)5-15/h2-4,9-10,14-15H,5,16H2,1H3. The number of aliphatic hydroxyl groups excluding tert-OH is 1. The molecule has 0 spiro atoms. The highest BCUT2D eigenvalue weighted by Gasteiger charge is 2.25. The summed E-state index contributed by atoms with van der Waals surface area (Å²) in [6.07, 6.45) is -2.54. The van der Waals surface area contributed by atoms with Crippen molar-refractivity contribution >= 4 is 28.3 Å². The van der Waals surface area contributed by atoms with Gasteiger partial charge in [0.25, 0.3) is 6.43 Å². The molecule has 0 radical (unpaired) electrons. The van der Waals surface area contributed by atoms with Crippen molar-refractivity contribution in [1.82, 2.24) is 5.09 Å². The Morgan fingerprint density at radius 3 is 2.65 bits per heavy atom. The topological polar surface area (TPSA) is 32.3 Å². The first-order valence-corrected chi connectivity index (χ1v) is 8.66. The van der Waals surface area contributed by atoms with E-state index in [1.54, 1.807) is 6.07 Å². The van der Waals surface area contributed by atoms with Crippen molar-refractivity contribution in [2.45, 2.75) is 19.1 Å². The fraction of sp³-hybridized carbons (Fsp3) is 0.400. The van der Waals surface area contributed by atoms with E-state index in [2.05, 4.69) is 14.0 Å². The predicted octanol–water partition coefficient (Wildman–Crippen LogP) is 3.54. The van der Waals surface area contributed by atoms with E-state index in [9.17, 15) is 13.9 Å². The molecule has 17 heavy (non-hydrogen) atoms. The molecule has 0 aliphatic carbocycles. The third kappa shape index (κ3) is 4.39. The van der Waals surface area contributed by atoms with Gasteiger partial charge in [-0.2, -0.15) is 0 Å². The number of benzene rings is 1. The third-order valence-electron chi connectivity index (χ3n) is 2.21. The van der Waals surface area contributed by atoms with Crippen LogP contribution in [0.1, 0.15) is 17.2 Å². The van der Waals surface area contributed by atoms with Gasteiger partial charge in [-0.25, -0.2) is 8.78 Å². The van der Waals surface area contributed by atoms with Gasteiger partial charge in [0.15, 0.2) is 0 Å². The lowest BCUT2D eigenvalue weighted by molar-refractivity contribution is 0.109. The summed E-state index contributed by atoms with van der Waals surface area (Å²) in [6.45, 7) is 1.52. The second-order valence-corrected chi connectivity index (χ2v) is 7.79. The lowest BCUT2D eigenvalue weighted by Crippen LogP contribution is -2.23. The summed E-state index contributed by atoms with van der Waals surface area (Å²) < 4.78 is 26.0. The summed E-state index contributed by atoms with van der Waals surface area (Å²) in [5.41, 5.74) is 0.820. The van der Waals surface area contributed by atoms with Gasteiger partial charge in [0.05, 0.1) is 12.6 Å². The van der Waals surface area contributed by atoms with Crippen molar-refractivity contribution < 1.29 is 13.9 Å². The number of nitrogens with one attached hydrogen (secondary N) is 1. The average Bonchev–Trinajstić information content (AvgIpc) is 2.25. The molecule has 1 aromatic rings. The van der Waals surface area contributed by atoms with Gasteiger partial charge in [-0.1, -0.05) is 26.6 Å². The summed E-state index contributed by atoms with van der Waals surface area (Å²) in [7, 11) is 1.72. The second-order valence-electron chi connectivity index (χ2n) is 3.55. The monoisotopic (exact) mass is 299 g/mol. The maximum atomic E-state index is 13.0. The van der Waals surface area contributed by atoms with Crippen LogP contribution in [0.4, 0.5) is 8.78 Å². The molecule has 0 amide bonds. The van der Waals surface area contributed by atoms with Crippen molar-refractivity contribution in [2.24, 2.45) is 0 Å². The molecule has 1 rings (SSSR count). The van der Waals surface area contributed by atoms with Crippen LogP contribution in [0.2, 0.25) is 5.02 Å². The smallest absolute Gasteiger partial charge is 0.258 e. The fourth-order valence-corrected chi connectivity index (χ4v) is 2.86. The molecule has 3 atom stereocenters. The molecule has 0 saturated carbocycles. The SMILES string of the molecule is CP(P)NC(c1ccc(Cl)cc1CO)C(F)F. The molecular formula is C10H14ClF2NOP2. The van der Waals surface area contributed by atoms with Gasteiger partial charge in [-0.05, 0) is 37.7 Å². The Morgan fingerprint density at radius 1 is 1.53 bits per heavy atom. The Morgan fingerprint density at radius 2 is 2.18 bits per heavy atom. The molecular weight excluding hydrogens is 286 g/mol. The van der Waals surface area contributed by atoms with Crippen molar-refractivity contribution in [2.75, 3.05) is 6.66 Å². The first kappa shape index (κ1) is 15.2. The largest absolute Gasteiger partial charge is 0.392 e. The van der Waals surface area contributed by atoms with Gasteiger partial charge >= 0.3 is 0 Å². The molecule has 7 heteroatoms. The van der Waals surface area contributed by atoms with E-state index in [0.29, 0.717) is 16.1 Å². The molecule has 2 nitrogen and oxygen atoms in total. The highest BCUT2D eigenvalue weighted by Crippen LogP contribution is 2.40. The Kier molecular flexibility index (Phi) is 6.19. The zero-order valence-corrected chi connectivity index (χ0v) is 12.0. The van der Waals surface area contributed by atoms with E-state index in [1.807, 2.05) is 6.66 Å². The van der Waals surface area contributed by atoms with E-state index in [1.165, 1.54) is 12.1 Å². The van der Waals surface area contributed by atoms with Crippen LogP contribution in [-0.2, 0) is 6.61 Å². The van der Waals surface area contributed by atoms with E-state index in [0.717, 1.165) is 0 Å². The zero-order valence-electron chi connectivity index (χ0n) is 9.20. The summed E-state index contributed by atoms with van der Waals surface area (Å²) in [5.74, 6) is 0. The molecule has 3 unspecified atom stereocenters. The number of halogens is 3. The highest BCUT2D eigenvalue weighted by molar-refractivity contribution is 8.12. The molecule has 0 fully saturated rings. The Balaban J connectivity index is 3.08. The van der Waals surface area contributed by atoms with Crippen LogP contribution in [0.3, 0.4) is 0 Å². The number of aliphatic hydroxyl groups is 1. The Hall–Kier alpha value is 0.150. The quantitative estimate of drug-likeness (QED) is 0.815. The molecule has 0 heterocycles. The minimum atomic E-state index is -2.54. The van der Waals surface area contributed by atoms with Gasteiger partial charge in [0.2, 0.25) is 0 Å². The lowest BCUT2D eigenvalue weighted by atomic mass is 10.0.